The van der Waals surface area contributed by atoms with Gasteiger partial charge in [-0.15, -0.1) is 10.2 Å². The van der Waals surface area contributed by atoms with Gasteiger partial charge in [-0.25, -0.2) is 9.48 Å². The fourth-order valence-electron chi connectivity index (χ4n) is 1.23. The normalized spacial score (nSPS) is 10.2. The van der Waals surface area contributed by atoms with Crippen molar-refractivity contribution in [2.45, 2.75) is 13.5 Å². The Bertz CT molecular complexity index is 603. The maximum absolute atomic E-state index is 11.6. The lowest BCUT2D eigenvalue weighted by atomic mass is 10.5. The molecule has 2 aromatic rings. The molecule has 2 rings (SSSR count). The molecule has 0 saturated carbocycles. The number of nitrogens with zero attached hydrogens (tertiary/aromatic N) is 5. The molecule has 0 aliphatic carbocycles. The quantitative estimate of drug-likeness (QED) is 0.727. The fourth-order valence-corrected chi connectivity index (χ4v) is 1.23. The van der Waals surface area contributed by atoms with Crippen LogP contribution in [-0.4, -0.2) is 44.2 Å². The number of rotatable bonds is 4. The van der Waals surface area contributed by atoms with Crippen LogP contribution >= 0.6 is 0 Å². The average Bonchev–Trinajstić information content (AvgIpc) is 2.98. The number of hydrogen-bond donors (Lipinski definition) is 1. The minimum absolute atomic E-state index is 0.00388. The monoisotopic (exact) mass is 266 g/mol. The standard InChI is InChI=1S/C9H10N6O4/c1-5-11-13-9(19-5)10-7(16)4-15-3-6(12-14-15)8(17)18-2/h3H,4H2,1-2H3,(H,10,13,16). The zero-order chi connectivity index (χ0) is 13.8. The number of hydrogen-bond acceptors (Lipinski definition) is 8. The Hall–Kier alpha value is -2.78. The summed E-state index contributed by atoms with van der Waals surface area (Å²) in [7, 11) is 1.23. The Balaban J connectivity index is 1.95. The molecule has 0 spiro atoms. The van der Waals surface area contributed by atoms with Crippen molar-refractivity contribution in [1.29, 1.82) is 0 Å². The van der Waals surface area contributed by atoms with Crippen molar-refractivity contribution in [2.75, 3.05) is 12.4 Å². The third-order valence-electron chi connectivity index (χ3n) is 2.01. The number of methoxy groups -OCH3 is 1. The smallest absolute Gasteiger partial charge is 0.360 e. The van der Waals surface area contributed by atoms with Crippen LogP contribution in [0.15, 0.2) is 10.6 Å². The molecule has 2 heterocycles. The van der Waals surface area contributed by atoms with Crippen molar-refractivity contribution in [3.8, 4) is 0 Å². The zero-order valence-electron chi connectivity index (χ0n) is 10.2. The Kier molecular flexibility index (Phi) is 3.50. The number of aryl methyl sites for hydroxylation is 1. The number of carbonyl (C=O) groups is 2. The molecular formula is C9H10N6O4. The molecule has 0 atom stereocenters. The van der Waals surface area contributed by atoms with Crippen LogP contribution in [0.25, 0.3) is 0 Å². The molecule has 0 bridgehead atoms. The second kappa shape index (κ2) is 5.25. The van der Waals surface area contributed by atoms with Crippen LogP contribution in [0, 0.1) is 6.92 Å². The van der Waals surface area contributed by atoms with E-state index in [9.17, 15) is 9.59 Å². The molecule has 1 N–H and O–H groups in total. The highest BCUT2D eigenvalue weighted by molar-refractivity contribution is 5.89. The number of aromatic nitrogens is 5. The number of carbonyl (C=O) groups excluding carboxylic acids is 2. The molecule has 0 aliphatic heterocycles. The van der Waals surface area contributed by atoms with E-state index < -0.39 is 11.9 Å². The van der Waals surface area contributed by atoms with Gasteiger partial charge in [-0.1, -0.05) is 10.3 Å². The maximum atomic E-state index is 11.6. The molecule has 100 valence electrons. The lowest BCUT2D eigenvalue weighted by Crippen LogP contribution is -2.19. The summed E-state index contributed by atoms with van der Waals surface area (Å²) in [6, 6.07) is -0.00388. The van der Waals surface area contributed by atoms with E-state index >= 15 is 0 Å². The van der Waals surface area contributed by atoms with Crippen LogP contribution in [0.4, 0.5) is 6.01 Å². The molecule has 0 fully saturated rings. The lowest BCUT2D eigenvalue weighted by Gasteiger charge is -1.99. The van der Waals surface area contributed by atoms with Gasteiger partial charge >= 0.3 is 12.0 Å². The molecule has 10 heteroatoms. The van der Waals surface area contributed by atoms with Gasteiger partial charge in [-0.2, -0.15) is 0 Å². The van der Waals surface area contributed by atoms with Crippen molar-refractivity contribution in [2.24, 2.45) is 0 Å². The molecular weight excluding hydrogens is 256 g/mol. The zero-order valence-corrected chi connectivity index (χ0v) is 10.2. The van der Waals surface area contributed by atoms with Crippen molar-refractivity contribution >= 4 is 17.9 Å². The number of anilines is 1. The van der Waals surface area contributed by atoms with Gasteiger partial charge in [0.15, 0.2) is 5.69 Å². The van der Waals surface area contributed by atoms with E-state index in [2.05, 4.69) is 30.6 Å². The van der Waals surface area contributed by atoms with Gasteiger partial charge in [-0.3, -0.25) is 10.1 Å². The number of amides is 1. The summed E-state index contributed by atoms with van der Waals surface area (Å²) in [6.45, 7) is 1.45. The number of ether oxygens (including phenoxy) is 1. The second-order valence-electron chi connectivity index (χ2n) is 3.47. The van der Waals surface area contributed by atoms with E-state index in [0.29, 0.717) is 5.89 Å². The van der Waals surface area contributed by atoms with Gasteiger partial charge in [0.05, 0.1) is 13.3 Å². The first-order chi connectivity index (χ1) is 9.08. The van der Waals surface area contributed by atoms with E-state index in [-0.39, 0.29) is 18.3 Å². The molecule has 0 radical (unpaired) electrons. The summed E-state index contributed by atoms with van der Waals surface area (Å²) in [6.07, 6.45) is 1.30. The number of nitrogens with one attached hydrogen (secondary N) is 1. The summed E-state index contributed by atoms with van der Waals surface area (Å²) in [5.41, 5.74) is 0.0175. The van der Waals surface area contributed by atoms with Gasteiger partial charge in [0.25, 0.3) is 0 Å². The SMILES string of the molecule is COC(=O)c1cn(CC(=O)Nc2nnc(C)o2)nn1. The Morgan fingerprint density at radius 3 is 2.84 bits per heavy atom. The topological polar surface area (TPSA) is 125 Å². The lowest BCUT2D eigenvalue weighted by molar-refractivity contribution is -0.117. The van der Waals surface area contributed by atoms with Gasteiger partial charge < -0.3 is 9.15 Å². The highest BCUT2D eigenvalue weighted by Crippen LogP contribution is 2.03. The van der Waals surface area contributed by atoms with Gasteiger partial charge in [0.1, 0.15) is 6.54 Å². The molecule has 2 aromatic heterocycles. The minimum atomic E-state index is -0.626. The predicted octanol–water partition coefficient (Wildman–Crippen LogP) is -0.605. The van der Waals surface area contributed by atoms with E-state index in [1.54, 1.807) is 6.92 Å². The maximum Gasteiger partial charge on any atom is 0.360 e. The van der Waals surface area contributed by atoms with E-state index in [4.69, 9.17) is 4.42 Å². The fraction of sp³-hybridized carbons (Fsp3) is 0.333. The van der Waals surface area contributed by atoms with E-state index in [1.807, 2.05) is 0 Å². The van der Waals surface area contributed by atoms with E-state index in [1.165, 1.54) is 18.0 Å². The Labute approximate surface area is 106 Å². The first-order valence-electron chi connectivity index (χ1n) is 5.17. The summed E-state index contributed by atoms with van der Waals surface area (Å²) >= 11 is 0. The van der Waals surface area contributed by atoms with Gasteiger partial charge in [-0.05, 0) is 0 Å². The Morgan fingerprint density at radius 2 is 2.21 bits per heavy atom. The molecule has 0 saturated heterocycles. The number of esters is 1. The molecule has 1 amide bonds. The van der Waals surface area contributed by atoms with Crippen LogP contribution in [-0.2, 0) is 16.1 Å². The summed E-state index contributed by atoms with van der Waals surface area (Å²) in [4.78, 5) is 22.7. The summed E-state index contributed by atoms with van der Waals surface area (Å²) in [5, 5.41) is 16.7. The first-order valence-corrected chi connectivity index (χ1v) is 5.17. The van der Waals surface area contributed by atoms with E-state index in [0.717, 1.165) is 0 Å². The second-order valence-corrected chi connectivity index (χ2v) is 3.47. The third-order valence-corrected chi connectivity index (χ3v) is 2.01. The van der Waals surface area contributed by atoms with Crippen molar-refractivity contribution in [1.82, 2.24) is 25.2 Å². The average molecular weight is 266 g/mol. The van der Waals surface area contributed by atoms with Gasteiger partial charge in [0, 0.05) is 6.92 Å². The first kappa shape index (κ1) is 12.7. The molecule has 10 nitrogen and oxygen atoms in total. The third kappa shape index (κ3) is 3.12. The minimum Gasteiger partial charge on any atom is -0.464 e. The highest BCUT2D eigenvalue weighted by Gasteiger charge is 2.13. The summed E-state index contributed by atoms with van der Waals surface area (Å²) in [5.74, 6) is -0.729. The molecule has 0 unspecified atom stereocenters. The van der Waals surface area contributed by atoms with Crippen molar-refractivity contribution < 1.29 is 18.7 Å². The van der Waals surface area contributed by atoms with Crippen molar-refractivity contribution in [3.63, 3.8) is 0 Å². The van der Waals surface area contributed by atoms with Crippen LogP contribution in [0.2, 0.25) is 0 Å². The molecule has 19 heavy (non-hydrogen) atoms. The molecule has 0 aliphatic rings. The summed E-state index contributed by atoms with van der Waals surface area (Å²) < 4.78 is 10.6. The van der Waals surface area contributed by atoms with Crippen LogP contribution in [0.3, 0.4) is 0 Å². The van der Waals surface area contributed by atoms with Crippen LogP contribution in [0.5, 0.6) is 0 Å². The predicted molar refractivity (Wildman–Crippen MR) is 59.0 cm³/mol. The van der Waals surface area contributed by atoms with Gasteiger partial charge in [0.2, 0.25) is 11.8 Å². The van der Waals surface area contributed by atoms with Crippen molar-refractivity contribution in [3.05, 3.63) is 17.8 Å². The van der Waals surface area contributed by atoms with Crippen LogP contribution in [0.1, 0.15) is 16.4 Å². The largest absolute Gasteiger partial charge is 0.464 e. The Morgan fingerprint density at radius 1 is 1.42 bits per heavy atom. The van der Waals surface area contributed by atoms with Crippen LogP contribution < -0.4 is 5.32 Å². The highest BCUT2D eigenvalue weighted by atomic mass is 16.5. The molecule has 0 aromatic carbocycles.